The number of aryl methyl sites for hydroxylation is 2. The van der Waals surface area contributed by atoms with Crippen molar-refractivity contribution in [2.24, 2.45) is 7.05 Å². The van der Waals surface area contributed by atoms with Gasteiger partial charge in [0.2, 0.25) is 5.91 Å². The summed E-state index contributed by atoms with van der Waals surface area (Å²) in [5, 5.41) is 13.7. The summed E-state index contributed by atoms with van der Waals surface area (Å²) in [5.74, 6) is -0.141. The van der Waals surface area contributed by atoms with Gasteiger partial charge in [-0.15, -0.1) is 0 Å². The first-order valence-electron chi connectivity index (χ1n) is 6.02. The molecule has 2 rings (SSSR count). The van der Waals surface area contributed by atoms with Crippen LogP contribution in [0.25, 0.3) is 6.08 Å². The molecule has 0 radical (unpaired) electrons. The van der Waals surface area contributed by atoms with Gasteiger partial charge in [-0.25, -0.2) is 0 Å². The lowest BCUT2D eigenvalue weighted by atomic mass is 10.2. The molecule has 0 saturated heterocycles. The largest absolute Gasteiger partial charge is 0.347 e. The standard InChI is InChI=1S/C13H17N5O/c1-9-12(10(2)18(3)17-9)4-5-13(19)14-8-11-6-7-15-16-11/h4-7H,8H2,1-3H3,(H,14,19)(H,15,16)/b5-4+. The van der Waals surface area contributed by atoms with Gasteiger partial charge in [-0.05, 0) is 26.0 Å². The molecule has 0 unspecified atom stereocenters. The Morgan fingerprint density at radius 1 is 1.53 bits per heavy atom. The Bertz CT molecular complexity index is 595. The van der Waals surface area contributed by atoms with E-state index in [1.165, 1.54) is 6.08 Å². The van der Waals surface area contributed by atoms with Crippen LogP contribution in [0.15, 0.2) is 18.3 Å². The van der Waals surface area contributed by atoms with E-state index in [4.69, 9.17) is 0 Å². The quantitative estimate of drug-likeness (QED) is 0.807. The second-order valence-corrected chi connectivity index (χ2v) is 4.34. The van der Waals surface area contributed by atoms with Crippen molar-refractivity contribution in [2.75, 3.05) is 0 Å². The Labute approximate surface area is 111 Å². The van der Waals surface area contributed by atoms with Gasteiger partial charge in [-0.3, -0.25) is 14.6 Å². The summed E-state index contributed by atoms with van der Waals surface area (Å²) in [4.78, 5) is 11.7. The van der Waals surface area contributed by atoms with Crippen LogP contribution in [0, 0.1) is 13.8 Å². The van der Waals surface area contributed by atoms with Gasteiger partial charge in [0.05, 0.1) is 17.9 Å². The number of aromatic nitrogens is 4. The number of hydrogen-bond acceptors (Lipinski definition) is 3. The maximum absolute atomic E-state index is 11.7. The van der Waals surface area contributed by atoms with Gasteiger partial charge in [0.1, 0.15) is 0 Å². The molecular weight excluding hydrogens is 242 g/mol. The van der Waals surface area contributed by atoms with Crippen molar-refractivity contribution in [3.63, 3.8) is 0 Å². The highest BCUT2D eigenvalue weighted by molar-refractivity contribution is 5.91. The predicted octanol–water partition coefficient (Wildman–Crippen LogP) is 1.09. The fourth-order valence-corrected chi connectivity index (χ4v) is 1.81. The van der Waals surface area contributed by atoms with Crippen LogP contribution in [0.2, 0.25) is 0 Å². The third-order valence-electron chi connectivity index (χ3n) is 2.98. The maximum Gasteiger partial charge on any atom is 0.244 e. The zero-order valence-corrected chi connectivity index (χ0v) is 11.3. The molecule has 0 fully saturated rings. The molecule has 19 heavy (non-hydrogen) atoms. The Hall–Kier alpha value is -2.37. The molecule has 0 aliphatic rings. The molecular formula is C13H17N5O. The number of nitrogens with one attached hydrogen (secondary N) is 2. The fraction of sp³-hybridized carbons (Fsp3) is 0.308. The van der Waals surface area contributed by atoms with Gasteiger partial charge in [0.25, 0.3) is 0 Å². The fourth-order valence-electron chi connectivity index (χ4n) is 1.81. The summed E-state index contributed by atoms with van der Waals surface area (Å²) in [6.07, 6.45) is 4.97. The Kier molecular flexibility index (Phi) is 3.79. The second kappa shape index (κ2) is 5.51. The van der Waals surface area contributed by atoms with E-state index < -0.39 is 0 Å². The van der Waals surface area contributed by atoms with Crippen LogP contribution in [0.4, 0.5) is 0 Å². The van der Waals surface area contributed by atoms with Crippen LogP contribution in [-0.2, 0) is 18.4 Å². The summed E-state index contributed by atoms with van der Waals surface area (Å²) >= 11 is 0. The average Bonchev–Trinajstić information content (AvgIpc) is 2.96. The molecule has 0 atom stereocenters. The number of aromatic amines is 1. The van der Waals surface area contributed by atoms with E-state index >= 15 is 0 Å². The molecule has 6 nitrogen and oxygen atoms in total. The molecule has 0 aliphatic carbocycles. The highest BCUT2D eigenvalue weighted by Gasteiger charge is 2.06. The Balaban J connectivity index is 1.96. The summed E-state index contributed by atoms with van der Waals surface area (Å²) in [7, 11) is 1.89. The molecule has 0 spiro atoms. The molecule has 0 aliphatic heterocycles. The third kappa shape index (κ3) is 3.09. The van der Waals surface area contributed by atoms with Gasteiger partial charge in [-0.2, -0.15) is 10.2 Å². The van der Waals surface area contributed by atoms with Crippen molar-refractivity contribution < 1.29 is 4.79 Å². The average molecular weight is 259 g/mol. The van der Waals surface area contributed by atoms with E-state index in [9.17, 15) is 4.79 Å². The van der Waals surface area contributed by atoms with E-state index in [1.807, 2.05) is 27.0 Å². The molecule has 1 amide bonds. The molecule has 6 heteroatoms. The lowest BCUT2D eigenvalue weighted by Gasteiger charge is -1.99. The first-order valence-corrected chi connectivity index (χ1v) is 6.02. The van der Waals surface area contributed by atoms with Crippen LogP contribution < -0.4 is 5.32 Å². The Morgan fingerprint density at radius 2 is 2.32 bits per heavy atom. The summed E-state index contributed by atoms with van der Waals surface area (Å²) < 4.78 is 1.80. The zero-order valence-electron chi connectivity index (χ0n) is 11.3. The molecule has 0 aromatic carbocycles. The SMILES string of the molecule is Cc1nn(C)c(C)c1/C=C/C(=O)NCc1ccn[nH]1. The first kappa shape index (κ1) is 13.1. The van der Waals surface area contributed by atoms with E-state index in [1.54, 1.807) is 17.0 Å². The number of hydrogen-bond donors (Lipinski definition) is 2. The van der Waals surface area contributed by atoms with Gasteiger partial charge >= 0.3 is 0 Å². The predicted molar refractivity (Wildman–Crippen MR) is 72.2 cm³/mol. The molecule has 0 bridgehead atoms. The van der Waals surface area contributed by atoms with Crippen molar-refractivity contribution in [1.29, 1.82) is 0 Å². The second-order valence-electron chi connectivity index (χ2n) is 4.34. The number of carbonyl (C=O) groups is 1. The monoisotopic (exact) mass is 259 g/mol. The minimum Gasteiger partial charge on any atom is -0.347 e. The molecule has 0 saturated carbocycles. The van der Waals surface area contributed by atoms with Crippen molar-refractivity contribution >= 4 is 12.0 Å². The minimum atomic E-state index is -0.141. The smallest absolute Gasteiger partial charge is 0.244 e. The molecule has 2 aromatic heterocycles. The van der Waals surface area contributed by atoms with Crippen LogP contribution in [-0.4, -0.2) is 25.9 Å². The van der Waals surface area contributed by atoms with E-state index in [-0.39, 0.29) is 5.91 Å². The zero-order chi connectivity index (χ0) is 13.8. The van der Waals surface area contributed by atoms with E-state index in [0.29, 0.717) is 6.54 Å². The third-order valence-corrected chi connectivity index (χ3v) is 2.98. The lowest BCUT2D eigenvalue weighted by molar-refractivity contribution is -0.116. The van der Waals surface area contributed by atoms with Crippen LogP contribution in [0.5, 0.6) is 0 Å². The van der Waals surface area contributed by atoms with Crippen LogP contribution in [0.1, 0.15) is 22.6 Å². The highest BCUT2D eigenvalue weighted by atomic mass is 16.1. The van der Waals surface area contributed by atoms with Crippen molar-refractivity contribution in [3.05, 3.63) is 41.0 Å². The van der Waals surface area contributed by atoms with Crippen LogP contribution in [0.3, 0.4) is 0 Å². The van der Waals surface area contributed by atoms with Crippen molar-refractivity contribution in [3.8, 4) is 0 Å². The van der Waals surface area contributed by atoms with E-state index in [0.717, 1.165) is 22.6 Å². The maximum atomic E-state index is 11.7. The normalized spacial score (nSPS) is 11.1. The highest BCUT2D eigenvalue weighted by Crippen LogP contribution is 2.13. The number of amides is 1. The molecule has 2 heterocycles. The number of carbonyl (C=O) groups excluding carboxylic acids is 1. The van der Waals surface area contributed by atoms with E-state index in [2.05, 4.69) is 20.6 Å². The molecule has 100 valence electrons. The first-order chi connectivity index (χ1) is 9.08. The lowest BCUT2D eigenvalue weighted by Crippen LogP contribution is -2.20. The van der Waals surface area contributed by atoms with Gasteiger partial charge < -0.3 is 5.32 Å². The molecule has 2 N–H and O–H groups in total. The van der Waals surface area contributed by atoms with Crippen molar-refractivity contribution in [2.45, 2.75) is 20.4 Å². The number of rotatable bonds is 4. The van der Waals surface area contributed by atoms with Crippen LogP contribution >= 0.6 is 0 Å². The topological polar surface area (TPSA) is 75.6 Å². The summed E-state index contributed by atoms with van der Waals surface area (Å²) in [5.41, 5.74) is 3.81. The Morgan fingerprint density at radius 3 is 2.89 bits per heavy atom. The van der Waals surface area contributed by atoms with Gasteiger partial charge in [0, 0.05) is 30.6 Å². The minimum absolute atomic E-state index is 0.141. The summed E-state index contributed by atoms with van der Waals surface area (Å²) in [6, 6.07) is 1.82. The van der Waals surface area contributed by atoms with Gasteiger partial charge in [0.15, 0.2) is 0 Å². The number of H-pyrrole nitrogens is 1. The van der Waals surface area contributed by atoms with Crippen molar-refractivity contribution in [1.82, 2.24) is 25.3 Å². The van der Waals surface area contributed by atoms with Gasteiger partial charge in [-0.1, -0.05) is 0 Å². The molecule has 2 aromatic rings. The number of nitrogens with zero attached hydrogens (tertiary/aromatic N) is 3. The summed E-state index contributed by atoms with van der Waals surface area (Å²) in [6.45, 7) is 4.34.